The number of carbonyl (C=O) groups excluding carboxylic acids is 2. The molecule has 1 fully saturated rings. The zero-order chi connectivity index (χ0) is 24.5. The minimum absolute atomic E-state index is 0.103. The van der Waals surface area contributed by atoms with Crippen molar-refractivity contribution in [2.75, 3.05) is 53.1 Å². The third kappa shape index (κ3) is 5.86. The van der Waals surface area contributed by atoms with Crippen molar-refractivity contribution in [1.29, 1.82) is 5.26 Å². The molecule has 3 unspecified atom stereocenters. The molecule has 3 atom stereocenters. The van der Waals surface area contributed by atoms with Crippen LogP contribution in [-0.2, 0) is 17.6 Å². The van der Waals surface area contributed by atoms with Gasteiger partial charge in [-0.1, -0.05) is 20.8 Å². The zero-order valence-corrected chi connectivity index (χ0v) is 21.6. The number of hydrogen-bond acceptors (Lipinski definition) is 7. The lowest BCUT2D eigenvalue weighted by Crippen LogP contribution is -2.56. The lowest BCUT2D eigenvalue weighted by atomic mass is 9.74. The molecule has 1 aromatic heterocycles. The second-order valence-electron chi connectivity index (χ2n) is 11.0. The molecule has 0 aromatic carbocycles. The number of nitrogens with zero attached hydrogens (tertiary/aromatic N) is 4. The fraction of sp³-hybridized carbons (Fsp3) is 0.708. The number of nitrogens with one attached hydrogen (secondary N) is 1. The Kier molecular flexibility index (Phi) is 7.72. The van der Waals surface area contributed by atoms with Crippen LogP contribution in [0.5, 0.6) is 0 Å². The van der Waals surface area contributed by atoms with Crippen molar-refractivity contribution >= 4 is 28.3 Å². The lowest BCUT2D eigenvalue weighted by molar-refractivity contribution is -0.137. The first-order chi connectivity index (χ1) is 15.4. The minimum Gasteiger partial charge on any atom is -0.389 e. The summed E-state index contributed by atoms with van der Waals surface area (Å²) in [7, 11) is 5.97. The number of piperidine rings is 1. The van der Waals surface area contributed by atoms with Gasteiger partial charge in [0.25, 0.3) is 0 Å². The first-order valence-corrected chi connectivity index (χ1v) is 12.5. The van der Waals surface area contributed by atoms with E-state index in [9.17, 15) is 14.9 Å². The van der Waals surface area contributed by atoms with Gasteiger partial charge >= 0.3 is 6.03 Å². The summed E-state index contributed by atoms with van der Waals surface area (Å²) in [5.74, 6) is -0.0884. The number of imide groups is 1. The number of nitriles is 1. The van der Waals surface area contributed by atoms with Crippen molar-refractivity contribution in [3.63, 3.8) is 0 Å². The fourth-order valence-electron chi connectivity index (χ4n) is 5.08. The molecule has 1 aliphatic carbocycles. The predicted octanol–water partition coefficient (Wildman–Crippen LogP) is 2.38. The van der Waals surface area contributed by atoms with Crippen LogP contribution in [0.1, 0.15) is 43.2 Å². The molecule has 0 bridgehead atoms. The molecule has 9 heteroatoms. The number of fused-ring (bicyclic) bond motifs is 2. The molecule has 3 rings (SSSR count). The highest BCUT2D eigenvalue weighted by Crippen LogP contribution is 2.43. The zero-order valence-electron chi connectivity index (χ0n) is 20.8. The number of nitrogen functional groups attached to an aromatic ring is 1. The Morgan fingerprint density at radius 2 is 2.00 bits per heavy atom. The standard InChI is InChI=1S/C24H38N6O2S/c1-24(2,3)14-30(23(32)27-7-8-28(4)5)22(31)16-9-15-10-17-18(12-25)21(26)33-20(17)11-19(15)29(6)13-16/h15-16,19H,7-11,13-14,26H2,1-6H3,(H,27,32). The van der Waals surface area contributed by atoms with E-state index >= 15 is 0 Å². The Hall–Kier alpha value is -2.15. The number of hydrogen-bond donors (Lipinski definition) is 2. The van der Waals surface area contributed by atoms with Crippen LogP contribution in [-0.4, -0.2) is 80.0 Å². The second-order valence-corrected chi connectivity index (χ2v) is 12.1. The predicted molar refractivity (Wildman–Crippen MR) is 132 cm³/mol. The van der Waals surface area contributed by atoms with Crippen LogP contribution < -0.4 is 11.1 Å². The van der Waals surface area contributed by atoms with Crippen LogP contribution in [0, 0.1) is 28.6 Å². The normalized spacial score (nSPS) is 22.9. The van der Waals surface area contributed by atoms with Gasteiger partial charge in [0.1, 0.15) is 11.1 Å². The van der Waals surface area contributed by atoms with Crippen LogP contribution in [0.3, 0.4) is 0 Å². The van der Waals surface area contributed by atoms with E-state index in [1.54, 1.807) is 0 Å². The van der Waals surface area contributed by atoms with Gasteiger partial charge in [-0.2, -0.15) is 5.26 Å². The third-order valence-corrected chi connectivity index (χ3v) is 7.71. The average Bonchev–Trinajstić information content (AvgIpc) is 3.02. The van der Waals surface area contributed by atoms with Gasteiger partial charge in [0.2, 0.25) is 5.91 Å². The van der Waals surface area contributed by atoms with E-state index in [-0.39, 0.29) is 29.2 Å². The topological polar surface area (TPSA) is 106 Å². The quantitative estimate of drug-likeness (QED) is 0.679. The van der Waals surface area contributed by atoms with Gasteiger partial charge in [-0.3, -0.25) is 9.69 Å². The van der Waals surface area contributed by atoms with Crippen LogP contribution in [0.25, 0.3) is 0 Å². The monoisotopic (exact) mass is 474 g/mol. The number of likely N-dealkylation sites (N-methyl/N-ethyl adjacent to an activating group) is 2. The molecule has 1 saturated heterocycles. The largest absolute Gasteiger partial charge is 0.389 e. The highest BCUT2D eigenvalue weighted by Gasteiger charge is 2.43. The van der Waals surface area contributed by atoms with Gasteiger partial charge in [0, 0.05) is 37.1 Å². The molecule has 182 valence electrons. The molecule has 0 spiro atoms. The summed E-state index contributed by atoms with van der Waals surface area (Å²) in [6.07, 6.45) is 2.35. The van der Waals surface area contributed by atoms with Gasteiger partial charge < -0.3 is 20.9 Å². The van der Waals surface area contributed by atoms with Crippen LogP contribution in [0.2, 0.25) is 0 Å². The minimum atomic E-state index is -0.315. The van der Waals surface area contributed by atoms with E-state index in [2.05, 4.69) is 23.3 Å². The molecule has 8 nitrogen and oxygen atoms in total. The summed E-state index contributed by atoms with van der Waals surface area (Å²) in [6, 6.07) is 2.29. The Bertz CT molecular complexity index is 929. The molecule has 1 aliphatic heterocycles. The summed E-state index contributed by atoms with van der Waals surface area (Å²) >= 11 is 1.53. The van der Waals surface area contributed by atoms with Gasteiger partial charge in [-0.25, -0.2) is 4.79 Å². The first kappa shape index (κ1) is 25.5. The number of anilines is 1. The summed E-state index contributed by atoms with van der Waals surface area (Å²) < 4.78 is 0. The van der Waals surface area contributed by atoms with Gasteiger partial charge in [0.05, 0.1) is 11.5 Å². The number of carbonyl (C=O) groups is 2. The van der Waals surface area contributed by atoms with Crippen LogP contribution >= 0.6 is 11.3 Å². The van der Waals surface area contributed by atoms with E-state index in [4.69, 9.17) is 5.73 Å². The number of nitrogens with two attached hydrogens (primary N) is 1. The molecule has 33 heavy (non-hydrogen) atoms. The maximum absolute atomic E-state index is 13.7. The number of amides is 3. The molecule has 0 radical (unpaired) electrons. The molecule has 2 heterocycles. The molecule has 0 saturated carbocycles. The highest BCUT2D eigenvalue weighted by atomic mass is 32.1. The van der Waals surface area contributed by atoms with Crippen molar-refractivity contribution in [1.82, 2.24) is 20.0 Å². The molecule has 2 aliphatic rings. The maximum Gasteiger partial charge on any atom is 0.324 e. The Morgan fingerprint density at radius 1 is 1.30 bits per heavy atom. The van der Waals surface area contributed by atoms with Crippen molar-refractivity contribution in [2.24, 2.45) is 17.3 Å². The average molecular weight is 475 g/mol. The van der Waals surface area contributed by atoms with E-state index in [1.165, 1.54) is 21.1 Å². The fourth-order valence-corrected chi connectivity index (χ4v) is 6.18. The van der Waals surface area contributed by atoms with Crippen molar-refractivity contribution < 1.29 is 9.59 Å². The van der Waals surface area contributed by atoms with Gasteiger partial charge in [-0.05, 0) is 57.3 Å². The first-order valence-electron chi connectivity index (χ1n) is 11.7. The number of rotatable bonds is 5. The summed E-state index contributed by atoms with van der Waals surface area (Å²) in [6.45, 7) is 8.33. The van der Waals surface area contributed by atoms with E-state index in [1.807, 2.05) is 39.8 Å². The van der Waals surface area contributed by atoms with Gasteiger partial charge in [-0.15, -0.1) is 11.3 Å². The number of likely N-dealkylation sites (tertiary alicyclic amines) is 1. The molecule has 1 aromatic rings. The van der Waals surface area contributed by atoms with Crippen LogP contribution in [0.15, 0.2) is 0 Å². The number of urea groups is 1. The SMILES string of the molecule is CN(C)CCNC(=O)N(CC(C)(C)C)C(=O)C1CC2Cc3c(sc(N)c3C#N)CC2N(C)C1. The molecule has 3 N–H and O–H groups in total. The van der Waals surface area contributed by atoms with Crippen molar-refractivity contribution in [2.45, 2.75) is 46.1 Å². The van der Waals surface area contributed by atoms with Crippen molar-refractivity contribution in [3.8, 4) is 6.07 Å². The lowest BCUT2D eigenvalue weighted by Gasteiger charge is -2.45. The van der Waals surface area contributed by atoms with Crippen LogP contribution in [0.4, 0.5) is 9.80 Å². The van der Waals surface area contributed by atoms with E-state index in [0.717, 1.165) is 24.8 Å². The summed E-state index contributed by atoms with van der Waals surface area (Å²) in [5.41, 5.74) is 7.57. The van der Waals surface area contributed by atoms with E-state index < -0.39 is 0 Å². The Balaban J connectivity index is 1.77. The Morgan fingerprint density at radius 3 is 2.61 bits per heavy atom. The molecular weight excluding hydrogens is 436 g/mol. The molecule has 3 amide bonds. The maximum atomic E-state index is 13.7. The van der Waals surface area contributed by atoms with E-state index in [0.29, 0.717) is 42.8 Å². The smallest absolute Gasteiger partial charge is 0.324 e. The summed E-state index contributed by atoms with van der Waals surface area (Å²) in [4.78, 5) is 33.6. The Labute approximate surface area is 201 Å². The summed E-state index contributed by atoms with van der Waals surface area (Å²) in [5, 5.41) is 13.1. The molecular formula is C24H38N6O2S. The second kappa shape index (κ2) is 10.00. The third-order valence-electron chi connectivity index (χ3n) is 6.62. The highest BCUT2D eigenvalue weighted by molar-refractivity contribution is 7.16. The van der Waals surface area contributed by atoms with Gasteiger partial charge in [0.15, 0.2) is 0 Å². The number of thiophene rings is 1. The van der Waals surface area contributed by atoms with Crippen molar-refractivity contribution in [3.05, 3.63) is 16.0 Å².